The molecule has 1 aliphatic heterocycles. The quantitative estimate of drug-likeness (QED) is 0.928. The second kappa shape index (κ2) is 5.03. The zero-order valence-corrected chi connectivity index (χ0v) is 12.8. The topological polar surface area (TPSA) is 41.6 Å². The first kappa shape index (κ1) is 12.2. The van der Waals surface area contributed by atoms with Gasteiger partial charge in [0.2, 0.25) is 0 Å². The summed E-state index contributed by atoms with van der Waals surface area (Å²) in [7, 11) is 0. The van der Waals surface area contributed by atoms with Crippen molar-refractivity contribution >= 4 is 44.6 Å². The maximum absolute atomic E-state index is 6.00. The van der Waals surface area contributed by atoms with Gasteiger partial charge in [-0.1, -0.05) is 6.07 Å². The highest BCUT2D eigenvalue weighted by atomic mass is 79.9. The third-order valence-electron chi connectivity index (χ3n) is 2.92. The van der Waals surface area contributed by atoms with Gasteiger partial charge in [-0.15, -0.1) is 22.7 Å². The van der Waals surface area contributed by atoms with Gasteiger partial charge >= 0.3 is 0 Å². The Kier molecular flexibility index (Phi) is 3.41. The zero-order valence-electron chi connectivity index (χ0n) is 9.54. The van der Waals surface area contributed by atoms with Gasteiger partial charge in [-0.25, -0.2) is 0 Å². The first-order valence-corrected chi connectivity index (χ1v) is 8.12. The second-order valence-corrected chi connectivity index (χ2v) is 6.98. The SMILES string of the molecule is NC1=NCC(c2cc(Br)cs2)N1Cc1cccs1. The molecule has 2 aromatic heterocycles. The first-order chi connectivity index (χ1) is 8.74. The van der Waals surface area contributed by atoms with E-state index in [1.807, 2.05) is 0 Å². The molecule has 3 heterocycles. The van der Waals surface area contributed by atoms with Crippen LogP contribution in [0, 0.1) is 0 Å². The predicted molar refractivity (Wildman–Crippen MR) is 81.1 cm³/mol. The van der Waals surface area contributed by atoms with E-state index in [4.69, 9.17) is 5.73 Å². The Morgan fingerprint density at radius 3 is 3.06 bits per heavy atom. The molecule has 1 aliphatic rings. The lowest BCUT2D eigenvalue weighted by Gasteiger charge is -2.24. The highest BCUT2D eigenvalue weighted by Crippen LogP contribution is 2.33. The standard InChI is InChI=1S/C12H12BrN3S2/c13-8-4-11(18-7-8)10-5-15-12(14)16(10)6-9-2-1-3-17-9/h1-4,7,10H,5-6H2,(H2,14,15). The van der Waals surface area contributed by atoms with E-state index in [1.54, 1.807) is 22.7 Å². The summed E-state index contributed by atoms with van der Waals surface area (Å²) in [6, 6.07) is 6.64. The monoisotopic (exact) mass is 341 g/mol. The Balaban J connectivity index is 1.83. The summed E-state index contributed by atoms with van der Waals surface area (Å²) in [5.74, 6) is 0.651. The summed E-state index contributed by atoms with van der Waals surface area (Å²) in [6.45, 7) is 1.59. The van der Waals surface area contributed by atoms with Crippen molar-refractivity contribution in [2.24, 2.45) is 10.7 Å². The van der Waals surface area contributed by atoms with Gasteiger partial charge in [0, 0.05) is 19.6 Å². The van der Waals surface area contributed by atoms with Crippen LogP contribution in [0.1, 0.15) is 15.8 Å². The molecule has 18 heavy (non-hydrogen) atoms. The van der Waals surface area contributed by atoms with Crippen LogP contribution in [0.5, 0.6) is 0 Å². The number of hydrogen-bond donors (Lipinski definition) is 1. The molecule has 0 spiro atoms. The minimum absolute atomic E-state index is 0.281. The van der Waals surface area contributed by atoms with Crippen LogP contribution in [-0.4, -0.2) is 17.4 Å². The Bertz CT molecular complexity index is 562. The van der Waals surface area contributed by atoms with Gasteiger partial charge in [0.05, 0.1) is 19.1 Å². The summed E-state index contributed by atoms with van der Waals surface area (Å²) in [6.07, 6.45) is 0. The van der Waals surface area contributed by atoms with E-state index in [0.29, 0.717) is 5.96 Å². The Hall–Kier alpha value is -0.850. The predicted octanol–water partition coefficient (Wildman–Crippen LogP) is 3.44. The fourth-order valence-corrected chi connectivity index (χ4v) is 4.29. The molecule has 6 heteroatoms. The van der Waals surface area contributed by atoms with Crippen molar-refractivity contribution in [2.45, 2.75) is 12.6 Å². The van der Waals surface area contributed by atoms with Gasteiger partial charge in [0.15, 0.2) is 5.96 Å². The maximum Gasteiger partial charge on any atom is 0.192 e. The van der Waals surface area contributed by atoms with Crippen molar-refractivity contribution < 1.29 is 0 Å². The lowest BCUT2D eigenvalue weighted by atomic mass is 10.2. The van der Waals surface area contributed by atoms with Crippen molar-refractivity contribution in [3.05, 3.63) is 43.2 Å². The summed E-state index contributed by atoms with van der Waals surface area (Å²) < 4.78 is 1.13. The number of halogens is 1. The summed E-state index contributed by atoms with van der Waals surface area (Å²) in [5, 5.41) is 4.20. The second-order valence-electron chi connectivity index (χ2n) is 4.09. The smallest absolute Gasteiger partial charge is 0.192 e. The summed E-state index contributed by atoms with van der Waals surface area (Å²) in [4.78, 5) is 9.19. The number of rotatable bonds is 3. The van der Waals surface area contributed by atoms with Gasteiger partial charge in [0.25, 0.3) is 0 Å². The van der Waals surface area contributed by atoms with E-state index in [-0.39, 0.29) is 6.04 Å². The molecule has 94 valence electrons. The Morgan fingerprint density at radius 1 is 1.50 bits per heavy atom. The summed E-state index contributed by atoms with van der Waals surface area (Å²) in [5.41, 5.74) is 6.00. The van der Waals surface area contributed by atoms with Crippen LogP contribution >= 0.6 is 38.6 Å². The molecule has 2 aromatic rings. The third-order valence-corrected chi connectivity index (χ3v) is 5.58. The molecular weight excluding hydrogens is 330 g/mol. The van der Waals surface area contributed by atoms with Crippen LogP contribution in [0.4, 0.5) is 0 Å². The van der Waals surface area contributed by atoms with Crippen molar-refractivity contribution in [1.29, 1.82) is 0 Å². The number of nitrogens with zero attached hydrogens (tertiary/aromatic N) is 2. The molecule has 3 rings (SSSR count). The summed E-state index contributed by atoms with van der Waals surface area (Å²) >= 11 is 7.01. The third kappa shape index (κ3) is 2.32. The van der Waals surface area contributed by atoms with E-state index in [1.165, 1.54) is 9.75 Å². The van der Waals surface area contributed by atoms with Crippen LogP contribution in [-0.2, 0) is 6.54 Å². The number of hydrogen-bond acceptors (Lipinski definition) is 5. The van der Waals surface area contributed by atoms with Gasteiger partial charge in [-0.3, -0.25) is 4.99 Å². The van der Waals surface area contributed by atoms with Gasteiger partial charge in [0.1, 0.15) is 0 Å². The minimum atomic E-state index is 0.281. The molecule has 1 unspecified atom stereocenters. The lowest BCUT2D eigenvalue weighted by Crippen LogP contribution is -2.35. The zero-order chi connectivity index (χ0) is 12.5. The largest absolute Gasteiger partial charge is 0.370 e. The molecule has 0 amide bonds. The molecule has 0 fully saturated rings. The van der Waals surface area contributed by atoms with Crippen molar-refractivity contribution in [1.82, 2.24) is 4.90 Å². The molecule has 0 aromatic carbocycles. The van der Waals surface area contributed by atoms with Gasteiger partial charge in [-0.05, 0) is 33.4 Å². The van der Waals surface area contributed by atoms with E-state index in [9.17, 15) is 0 Å². The van der Waals surface area contributed by atoms with E-state index < -0.39 is 0 Å². The minimum Gasteiger partial charge on any atom is -0.370 e. The van der Waals surface area contributed by atoms with Crippen LogP contribution in [0.3, 0.4) is 0 Å². The van der Waals surface area contributed by atoms with Crippen LogP contribution in [0.15, 0.2) is 38.4 Å². The maximum atomic E-state index is 6.00. The first-order valence-electron chi connectivity index (χ1n) is 5.57. The molecule has 0 aliphatic carbocycles. The molecule has 0 saturated heterocycles. The molecule has 2 N–H and O–H groups in total. The average Bonchev–Trinajstić information content (AvgIpc) is 3.04. The molecule has 0 saturated carbocycles. The number of nitrogens with two attached hydrogens (primary N) is 1. The highest BCUT2D eigenvalue weighted by Gasteiger charge is 2.28. The van der Waals surface area contributed by atoms with Crippen molar-refractivity contribution in [3.8, 4) is 0 Å². The van der Waals surface area contributed by atoms with Crippen molar-refractivity contribution in [2.75, 3.05) is 6.54 Å². The van der Waals surface area contributed by atoms with Gasteiger partial charge < -0.3 is 10.6 Å². The van der Waals surface area contributed by atoms with Crippen LogP contribution in [0.2, 0.25) is 0 Å². The van der Waals surface area contributed by atoms with Crippen molar-refractivity contribution in [3.63, 3.8) is 0 Å². The number of thiophene rings is 2. The van der Waals surface area contributed by atoms with E-state index in [2.05, 4.69) is 54.8 Å². The Labute approximate surface area is 122 Å². The number of aliphatic imine (C=N–C) groups is 1. The van der Waals surface area contributed by atoms with Crippen LogP contribution < -0.4 is 5.73 Å². The highest BCUT2D eigenvalue weighted by molar-refractivity contribution is 9.10. The Morgan fingerprint density at radius 2 is 2.39 bits per heavy atom. The van der Waals surface area contributed by atoms with E-state index in [0.717, 1.165) is 17.6 Å². The molecule has 0 radical (unpaired) electrons. The fourth-order valence-electron chi connectivity index (χ4n) is 2.04. The van der Waals surface area contributed by atoms with E-state index >= 15 is 0 Å². The van der Waals surface area contributed by atoms with Gasteiger partial charge in [-0.2, -0.15) is 0 Å². The fraction of sp³-hybridized carbons (Fsp3) is 0.250. The van der Waals surface area contributed by atoms with Crippen LogP contribution in [0.25, 0.3) is 0 Å². The molecule has 0 bridgehead atoms. The average molecular weight is 342 g/mol. The number of guanidine groups is 1. The molecule has 3 nitrogen and oxygen atoms in total. The normalized spacial score (nSPS) is 19.3. The lowest BCUT2D eigenvalue weighted by molar-refractivity contribution is 0.347. The molecule has 1 atom stereocenters. The molecular formula is C12H12BrN3S2.